The zero-order valence-corrected chi connectivity index (χ0v) is 14.5. The van der Waals surface area contributed by atoms with Crippen LogP contribution in [0.25, 0.3) is 0 Å². The maximum Gasteiger partial charge on any atom is 0.234 e. The van der Waals surface area contributed by atoms with Crippen molar-refractivity contribution >= 4 is 29.3 Å². The van der Waals surface area contributed by atoms with Crippen LogP contribution in [0.3, 0.4) is 0 Å². The Labute approximate surface area is 139 Å². The van der Waals surface area contributed by atoms with Gasteiger partial charge >= 0.3 is 0 Å². The van der Waals surface area contributed by atoms with Gasteiger partial charge in [0.05, 0.1) is 18.6 Å². The zero-order chi connectivity index (χ0) is 17.0. The van der Waals surface area contributed by atoms with E-state index in [0.717, 1.165) is 5.56 Å². The third kappa shape index (κ3) is 4.62. The molecule has 4 N–H and O–H groups in total. The van der Waals surface area contributed by atoms with Gasteiger partial charge in [-0.05, 0) is 23.1 Å². The van der Waals surface area contributed by atoms with Gasteiger partial charge in [0.1, 0.15) is 5.75 Å². The molecule has 0 unspecified atom stereocenters. The largest absolute Gasteiger partial charge is 0.495 e. The van der Waals surface area contributed by atoms with Crippen LogP contribution in [-0.2, 0) is 10.2 Å². The molecule has 8 heteroatoms. The summed E-state index contributed by atoms with van der Waals surface area (Å²) in [5, 5.41) is 9.71. The highest BCUT2D eigenvalue weighted by atomic mass is 32.2. The maximum absolute atomic E-state index is 12.1. The third-order valence-corrected chi connectivity index (χ3v) is 4.00. The maximum atomic E-state index is 12.1. The molecule has 2 rings (SSSR count). The van der Waals surface area contributed by atoms with Crippen LogP contribution in [-0.4, -0.2) is 34.0 Å². The van der Waals surface area contributed by atoms with Gasteiger partial charge in [-0.1, -0.05) is 38.6 Å². The van der Waals surface area contributed by atoms with E-state index >= 15 is 0 Å². The van der Waals surface area contributed by atoms with Crippen molar-refractivity contribution in [2.45, 2.75) is 31.3 Å². The summed E-state index contributed by atoms with van der Waals surface area (Å²) in [4.78, 5) is 16.1. The highest BCUT2D eigenvalue weighted by molar-refractivity contribution is 7.99. The normalized spacial score (nSPS) is 11.3. The lowest BCUT2D eigenvalue weighted by molar-refractivity contribution is -0.113. The smallest absolute Gasteiger partial charge is 0.234 e. The second-order valence-electron chi connectivity index (χ2n) is 6.01. The van der Waals surface area contributed by atoms with Crippen LogP contribution in [0.5, 0.6) is 5.75 Å². The molecule has 0 atom stereocenters. The van der Waals surface area contributed by atoms with E-state index in [1.54, 1.807) is 7.11 Å². The van der Waals surface area contributed by atoms with Gasteiger partial charge in [0.25, 0.3) is 0 Å². The van der Waals surface area contributed by atoms with E-state index in [-0.39, 0.29) is 23.0 Å². The van der Waals surface area contributed by atoms with Gasteiger partial charge in [0, 0.05) is 0 Å². The number of ether oxygens (including phenoxy) is 1. The van der Waals surface area contributed by atoms with Gasteiger partial charge in [-0.15, -0.1) is 5.10 Å². The number of aromatic nitrogens is 3. The number of amides is 1. The highest BCUT2D eigenvalue weighted by Crippen LogP contribution is 2.31. The molecular weight excluding hydrogens is 314 g/mol. The first kappa shape index (κ1) is 17.1. The van der Waals surface area contributed by atoms with E-state index in [9.17, 15) is 4.79 Å². The van der Waals surface area contributed by atoms with Crippen LogP contribution in [0.15, 0.2) is 23.4 Å². The van der Waals surface area contributed by atoms with E-state index in [1.165, 1.54) is 11.8 Å². The second-order valence-corrected chi connectivity index (χ2v) is 6.95. The molecular formula is C15H21N5O2S. The Kier molecular flexibility index (Phi) is 5.15. The van der Waals surface area contributed by atoms with Crippen molar-refractivity contribution in [3.8, 4) is 5.75 Å². The van der Waals surface area contributed by atoms with Crippen LogP contribution in [0.1, 0.15) is 26.3 Å². The summed E-state index contributed by atoms with van der Waals surface area (Å²) in [5.74, 6) is 0.869. The Morgan fingerprint density at radius 3 is 2.74 bits per heavy atom. The molecule has 1 heterocycles. The number of hydrogen-bond donors (Lipinski definition) is 3. The van der Waals surface area contributed by atoms with Crippen LogP contribution in [0, 0.1) is 0 Å². The summed E-state index contributed by atoms with van der Waals surface area (Å²) in [6, 6.07) is 5.80. The average Bonchev–Trinajstić information content (AvgIpc) is 2.90. The SMILES string of the molecule is COc1ccc(C(C)(C)C)cc1NC(=O)CSc1n[nH]c(N)n1. The topological polar surface area (TPSA) is 106 Å². The summed E-state index contributed by atoms with van der Waals surface area (Å²) < 4.78 is 5.31. The van der Waals surface area contributed by atoms with Crippen molar-refractivity contribution in [1.29, 1.82) is 0 Å². The average molecular weight is 335 g/mol. The van der Waals surface area contributed by atoms with Gasteiger partial charge in [0.15, 0.2) is 0 Å². The minimum atomic E-state index is -0.164. The fourth-order valence-corrected chi connectivity index (χ4v) is 2.52. The molecule has 0 fully saturated rings. The Morgan fingerprint density at radius 1 is 1.43 bits per heavy atom. The lowest BCUT2D eigenvalue weighted by Gasteiger charge is -2.21. The first-order chi connectivity index (χ1) is 10.8. The number of carbonyl (C=O) groups is 1. The number of rotatable bonds is 5. The number of H-pyrrole nitrogens is 1. The molecule has 0 radical (unpaired) electrons. The molecule has 1 amide bonds. The van der Waals surface area contributed by atoms with Crippen molar-refractivity contribution in [2.24, 2.45) is 0 Å². The van der Waals surface area contributed by atoms with Crippen LogP contribution in [0.4, 0.5) is 11.6 Å². The second kappa shape index (κ2) is 6.91. The molecule has 0 saturated heterocycles. The van der Waals surface area contributed by atoms with E-state index < -0.39 is 0 Å². The standard InChI is InChI=1S/C15H21N5O2S/c1-15(2,3)9-5-6-11(22-4)10(7-9)17-12(21)8-23-14-18-13(16)19-20-14/h5-7H,8H2,1-4H3,(H,17,21)(H3,16,18,19,20). The predicted molar refractivity (Wildman–Crippen MR) is 91.8 cm³/mol. The number of anilines is 2. The molecule has 1 aromatic heterocycles. The molecule has 23 heavy (non-hydrogen) atoms. The number of benzene rings is 1. The number of aromatic amines is 1. The molecule has 2 aromatic rings. The summed E-state index contributed by atoms with van der Waals surface area (Å²) in [6.07, 6.45) is 0. The van der Waals surface area contributed by atoms with Crippen molar-refractivity contribution in [2.75, 3.05) is 23.9 Å². The third-order valence-electron chi connectivity index (χ3n) is 3.15. The molecule has 0 saturated carbocycles. The fraction of sp³-hybridized carbons (Fsp3) is 0.400. The van der Waals surface area contributed by atoms with Crippen LogP contribution < -0.4 is 15.8 Å². The zero-order valence-electron chi connectivity index (χ0n) is 13.6. The quantitative estimate of drug-likeness (QED) is 0.725. The van der Waals surface area contributed by atoms with Crippen LogP contribution >= 0.6 is 11.8 Å². The number of thioether (sulfide) groups is 1. The molecule has 124 valence electrons. The monoisotopic (exact) mass is 335 g/mol. The van der Waals surface area contributed by atoms with Gasteiger partial charge in [-0.3, -0.25) is 4.79 Å². The molecule has 0 aliphatic carbocycles. The summed E-state index contributed by atoms with van der Waals surface area (Å²) in [6.45, 7) is 6.34. The summed E-state index contributed by atoms with van der Waals surface area (Å²) >= 11 is 1.21. The molecule has 7 nitrogen and oxygen atoms in total. The van der Waals surface area contributed by atoms with Crippen molar-refractivity contribution in [1.82, 2.24) is 15.2 Å². The Morgan fingerprint density at radius 2 is 2.17 bits per heavy atom. The van der Waals surface area contributed by atoms with Gasteiger partial charge in [-0.2, -0.15) is 4.98 Å². The first-order valence-electron chi connectivity index (χ1n) is 7.08. The molecule has 0 spiro atoms. The van der Waals surface area contributed by atoms with E-state index in [1.807, 2.05) is 18.2 Å². The number of carbonyl (C=O) groups excluding carboxylic acids is 1. The first-order valence-corrected chi connectivity index (χ1v) is 8.07. The van der Waals surface area contributed by atoms with Crippen molar-refractivity contribution in [3.63, 3.8) is 0 Å². The highest BCUT2D eigenvalue weighted by Gasteiger charge is 2.17. The van der Waals surface area contributed by atoms with E-state index in [0.29, 0.717) is 16.6 Å². The van der Waals surface area contributed by atoms with Crippen LogP contribution in [0.2, 0.25) is 0 Å². The lowest BCUT2D eigenvalue weighted by Crippen LogP contribution is -2.17. The molecule has 0 aliphatic heterocycles. The van der Waals surface area contributed by atoms with Gasteiger partial charge in [0.2, 0.25) is 17.0 Å². The molecule has 1 aromatic carbocycles. The molecule has 0 aliphatic rings. The van der Waals surface area contributed by atoms with Crippen molar-refractivity contribution < 1.29 is 9.53 Å². The Balaban J connectivity index is 2.06. The number of nitrogen functional groups attached to an aromatic ring is 1. The van der Waals surface area contributed by atoms with Crippen molar-refractivity contribution in [3.05, 3.63) is 23.8 Å². The van der Waals surface area contributed by atoms with E-state index in [4.69, 9.17) is 10.5 Å². The fourth-order valence-electron chi connectivity index (χ4n) is 1.91. The Hall–Kier alpha value is -2.22. The molecule has 0 bridgehead atoms. The Bertz CT molecular complexity index is 693. The predicted octanol–water partition coefficient (Wildman–Crippen LogP) is 2.42. The number of hydrogen-bond acceptors (Lipinski definition) is 6. The lowest BCUT2D eigenvalue weighted by atomic mass is 9.87. The van der Waals surface area contributed by atoms with E-state index in [2.05, 4.69) is 41.3 Å². The summed E-state index contributed by atoms with van der Waals surface area (Å²) in [5.41, 5.74) is 7.19. The van der Waals surface area contributed by atoms with Gasteiger partial charge < -0.3 is 15.8 Å². The van der Waals surface area contributed by atoms with Gasteiger partial charge in [-0.25, -0.2) is 5.10 Å². The minimum absolute atomic E-state index is 0.0169. The number of nitrogens with zero attached hydrogens (tertiary/aromatic N) is 2. The minimum Gasteiger partial charge on any atom is -0.495 e. The number of nitrogens with two attached hydrogens (primary N) is 1. The number of nitrogens with one attached hydrogen (secondary N) is 2. The summed E-state index contributed by atoms with van der Waals surface area (Å²) in [7, 11) is 1.58. The number of methoxy groups -OCH3 is 1.